The second-order valence-electron chi connectivity index (χ2n) is 7.31. The van der Waals surface area contributed by atoms with E-state index in [-0.39, 0.29) is 17.9 Å². The number of nitrogens with zero attached hydrogens (tertiary/aromatic N) is 3. The summed E-state index contributed by atoms with van der Waals surface area (Å²) in [4.78, 5) is 13.5. The minimum atomic E-state index is -0.0785. The summed E-state index contributed by atoms with van der Waals surface area (Å²) in [5.41, 5.74) is 1.68. The number of fused-ring (bicyclic) bond motifs is 1. The second-order valence-corrected chi connectivity index (χ2v) is 9.68. The Kier molecular flexibility index (Phi) is 5.80. The Morgan fingerprint density at radius 1 is 1.04 bits per heavy atom. The summed E-state index contributed by atoms with van der Waals surface area (Å²) in [5, 5.41) is 3.59. The van der Waals surface area contributed by atoms with Crippen molar-refractivity contribution < 1.29 is 0 Å². The SMILES string of the molecule is Cc1ccc(C#Cc2ccc(-c3nc4cnccn4c3NC(C)(C)C)s2)s1.Cl. The number of rotatable bonds is 2. The Balaban J connectivity index is 0.00000225. The molecule has 144 valence electrons. The number of hydrogen-bond donors (Lipinski definition) is 1. The number of nitrogens with one attached hydrogen (secondary N) is 1. The third-order valence-electron chi connectivity index (χ3n) is 3.81. The largest absolute Gasteiger partial charge is 0.365 e. The fourth-order valence-corrected chi connectivity index (χ4v) is 4.28. The third kappa shape index (κ3) is 4.39. The van der Waals surface area contributed by atoms with Crippen molar-refractivity contribution in [1.29, 1.82) is 0 Å². The van der Waals surface area contributed by atoms with E-state index < -0.39 is 0 Å². The Bertz CT molecular complexity index is 1170. The number of aromatic nitrogens is 3. The zero-order valence-corrected chi connectivity index (χ0v) is 18.6. The molecule has 4 aromatic rings. The van der Waals surface area contributed by atoms with E-state index in [9.17, 15) is 0 Å². The zero-order valence-electron chi connectivity index (χ0n) is 16.1. The van der Waals surface area contributed by atoms with E-state index in [4.69, 9.17) is 4.98 Å². The molecule has 0 unspecified atom stereocenters. The van der Waals surface area contributed by atoms with Gasteiger partial charge in [0, 0.05) is 22.8 Å². The summed E-state index contributed by atoms with van der Waals surface area (Å²) < 4.78 is 2.05. The number of imidazole rings is 1. The Labute approximate surface area is 179 Å². The first-order valence-electron chi connectivity index (χ1n) is 8.68. The maximum atomic E-state index is 4.80. The molecule has 0 radical (unpaired) electrons. The normalized spacial score (nSPS) is 11.0. The minimum Gasteiger partial charge on any atom is -0.365 e. The Morgan fingerprint density at radius 2 is 1.75 bits per heavy atom. The molecule has 4 rings (SSSR count). The van der Waals surface area contributed by atoms with Crippen LogP contribution in [0.1, 0.15) is 35.4 Å². The van der Waals surface area contributed by atoms with Crippen LogP contribution in [0.4, 0.5) is 5.82 Å². The number of aryl methyl sites for hydroxylation is 1. The van der Waals surface area contributed by atoms with Crippen molar-refractivity contribution >= 4 is 46.5 Å². The van der Waals surface area contributed by atoms with Crippen LogP contribution in [0.2, 0.25) is 0 Å². The van der Waals surface area contributed by atoms with Crippen molar-refractivity contribution in [2.45, 2.75) is 33.2 Å². The van der Waals surface area contributed by atoms with Crippen molar-refractivity contribution in [3.63, 3.8) is 0 Å². The molecule has 0 fully saturated rings. The van der Waals surface area contributed by atoms with Crippen molar-refractivity contribution in [3.8, 4) is 22.4 Å². The van der Waals surface area contributed by atoms with Crippen LogP contribution < -0.4 is 5.32 Å². The maximum absolute atomic E-state index is 4.80. The van der Waals surface area contributed by atoms with Gasteiger partial charge in [-0.05, 0) is 63.8 Å². The van der Waals surface area contributed by atoms with Gasteiger partial charge < -0.3 is 5.32 Å². The van der Waals surface area contributed by atoms with Crippen molar-refractivity contribution in [3.05, 3.63) is 57.5 Å². The molecule has 4 aromatic heterocycles. The summed E-state index contributed by atoms with van der Waals surface area (Å²) in [6.45, 7) is 8.53. The van der Waals surface area contributed by atoms with Crippen LogP contribution in [-0.4, -0.2) is 19.9 Å². The van der Waals surface area contributed by atoms with Crippen LogP contribution in [0.5, 0.6) is 0 Å². The molecule has 7 heteroatoms. The predicted octanol–water partition coefficient (Wildman–Crippen LogP) is 5.86. The summed E-state index contributed by atoms with van der Waals surface area (Å²) in [7, 11) is 0. The van der Waals surface area contributed by atoms with Crippen molar-refractivity contribution in [2.75, 3.05) is 5.32 Å². The van der Waals surface area contributed by atoms with Gasteiger partial charge in [-0.25, -0.2) is 4.98 Å². The highest BCUT2D eigenvalue weighted by Gasteiger charge is 2.20. The maximum Gasteiger partial charge on any atom is 0.157 e. The molecule has 0 aliphatic heterocycles. The molecular formula is C21H21ClN4S2. The van der Waals surface area contributed by atoms with Gasteiger partial charge in [0.1, 0.15) is 11.5 Å². The van der Waals surface area contributed by atoms with Crippen LogP contribution >= 0.6 is 35.1 Å². The highest BCUT2D eigenvalue weighted by Crippen LogP contribution is 2.34. The van der Waals surface area contributed by atoms with Crippen LogP contribution in [0, 0.1) is 18.8 Å². The highest BCUT2D eigenvalue weighted by atomic mass is 35.5. The van der Waals surface area contributed by atoms with E-state index in [1.165, 1.54) is 4.88 Å². The lowest BCUT2D eigenvalue weighted by Crippen LogP contribution is -2.27. The molecule has 4 nitrogen and oxygen atoms in total. The number of anilines is 1. The van der Waals surface area contributed by atoms with Gasteiger partial charge in [-0.1, -0.05) is 0 Å². The van der Waals surface area contributed by atoms with Gasteiger partial charge in [0.05, 0.1) is 20.8 Å². The van der Waals surface area contributed by atoms with Gasteiger partial charge in [-0.3, -0.25) is 9.38 Å². The number of hydrogen-bond acceptors (Lipinski definition) is 5. The Morgan fingerprint density at radius 3 is 2.43 bits per heavy atom. The number of halogens is 1. The van der Waals surface area contributed by atoms with Gasteiger partial charge in [-0.15, -0.1) is 35.1 Å². The first-order chi connectivity index (χ1) is 12.9. The van der Waals surface area contributed by atoms with E-state index in [1.54, 1.807) is 35.1 Å². The van der Waals surface area contributed by atoms with Gasteiger partial charge in [0.15, 0.2) is 5.65 Å². The molecule has 0 saturated carbocycles. The van der Waals surface area contributed by atoms with Crippen LogP contribution in [0.25, 0.3) is 16.2 Å². The highest BCUT2D eigenvalue weighted by molar-refractivity contribution is 7.16. The van der Waals surface area contributed by atoms with Crippen molar-refractivity contribution in [1.82, 2.24) is 14.4 Å². The fourth-order valence-electron chi connectivity index (χ4n) is 2.71. The molecule has 28 heavy (non-hydrogen) atoms. The number of thiophene rings is 2. The van der Waals surface area contributed by atoms with E-state index >= 15 is 0 Å². The first kappa shape index (κ1) is 20.4. The molecule has 0 amide bonds. The molecular weight excluding hydrogens is 408 g/mol. The molecule has 0 aromatic carbocycles. The van der Waals surface area contributed by atoms with Crippen molar-refractivity contribution in [2.24, 2.45) is 0 Å². The molecule has 0 bridgehead atoms. The summed E-state index contributed by atoms with van der Waals surface area (Å²) in [6.07, 6.45) is 5.50. The third-order valence-corrected chi connectivity index (χ3v) is 5.74. The van der Waals surface area contributed by atoms with Gasteiger partial charge in [-0.2, -0.15) is 0 Å². The Hall–Kier alpha value is -2.33. The average Bonchev–Trinajstić information content (AvgIpc) is 3.31. The lowest BCUT2D eigenvalue weighted by Gasteiger charge is -2.22. The zero-order chi connectivity index (χ0) is 19.0. The predicted molar refractivity (Wildman–Crippen MR) is 122 cm³/mol. The quantitative estimate of drug-likeness (QED) is 0.406. The summed E-state index contributed by atoms with van der Waals surface area (Å²) in [6, 6.07) is 8.33. The average molecular weight is 429 g/mol. The molecule has 0 aliphatic rings. The minimum absolute atomic E-state index is 0. The van der Waals surface area contributed by atoms with Gasteiger partial charge in [0.2, 0.25) is 0 Å². The van der Waals surface area contributed by atoms with E-state index in [1.807, 2.05) is 10.6 Å². The summed E-state index contributed by atoms with van der Waals surface area (Å²) in [5.74, 6) is 7.51. The summed E-state index contributed by atoms with van der Waals surface area (Å²) >= 11 is 3.38. The van der Waals surface area contributed by atoms with E-state index in [0.29, 0.717) is 0 Å². The van der Waals surface area contributed by atoms with Gasteiger partial charge in [0.25, 0.3) is 0 Å². The molecule has 0 spiro atoms. The lowest BCUT2D eigenvalue weighted by atomic mass is 10.1. The second kappa shape index (κ2) is 7.96. The van der Waals surface area contributed by atoms with E-state index in [2.05, 4.69) is 74.1 Å². The van der Waals surface area contributed by atoms with Crippen LogP contribution in [0.3, 0.4) is 0 Å². The lowest BCUT2D eigenvalue weighted by molar-refractivity contribution is 0.629. The van der Waals surface area contributed by atoms with Gasteiger partial charge >= 0.3 is 0 Å². The van der Waals surface area contributed by atoms with Crippen LogP contribution in [0.15, 0.2) is 42.9 Å². The topological polar surface area (TPSA) is 42.2 Å². The molecule has 0 atom stereocenters. The molecule has 1 N–H and O–H groups in total. The fraction of sp³-hybridized carbons (Fsp3) is 0.238. The van der Waals surface area contributed by atoms with E-state index in [0.717, 1.165) is 31.8 Å². The molecule has 4 heterocycles. The first-order valence-corrected chi connectivity index (χ1v) is 10.3. The monoisotopic (exact) mass is 428 g/mol. The molecule has 0 aliphatic carbocycles. The smallest absolute Gasteiger partial charge is 0.157 e. The molecule has 0 saturated heterocycles. The van der Waals surface area contributed by atoms with Crippen LogP contribution in [-0.2, 0) is 0 Å². The standard InChI is InChI=1S/C21H20N4S2.ClH/c1-14-5-6-15(26-14)7-8-16-9-10-17(27-16)19-20(24-21(2,3)4)25-12-11-22-13-18(25)23-19;/h5-6,9-13,24H,1-4H3;1H.